The molecule has 0 radical (unpaired) electrons. The van der Waals surface area contributed by atoms with Crippen LogP contribution in [0.25, 0.3) is 0 Å². The van der Waals surface area contributed by atoms with E-state index in [-0.39, 0.29) is 18.0 Å². The number of hydrazone groups is 1. The van der Waals surface area contributed by atoms with E-state index < -0.39 is 10.7 Å². The number of ether oxygens (including phenoxy) is 2. The molecular formula is C13H14BrN3O5. The van der Waals surface area contributed by atoms with E-state index in [2.05, 4.69) is 26.5 Å². The molecule has 1 aliphatic heterocycles. The van der Waals surface area contributed by atoms with Crippen molar-refractivity contribution in [2.45, 2.75) is 19.1 Å². The molecule has 0 unspecified atom stereocenters. The highest BCUT2D eigenvalue weighted by molar-refractivity contribution is 9.10. The van der Waals surface area contributed by atoms with Crippen LogP contribution in [0.15, 0.2) is 27.8 Å². The largest absolute Gasteiger partial charge is 0.347 e. The number of nitrogens with one attached hydrogen (secondary N) is 1. The van der Waals surface area contributed by atoms with E-state index in [0.29, 0.717) is 23.2 Å². The average Bonchev–Trinajstić information content (AvgIpc) is 2.86. The lowest BCUT2D eigenvalue weighted by Crippen LogP contribution is -2.33. The minimum absolute atomic E-state index is 0.0310. The van der Waals surface area contributed by atoms with Crippen molar-refractivity contribution >= 4 is 33.7 Å². The molecule has 0 aromatic heterocycles. The van der Waals surface area contributed by atoms with Crippen LogP contribution in [0.4, 0.5) is 5.69 Å². The number of carbonyl (C=O) groups is 1. The highest BCUT2D eigenvalue weighted by atomic mass is 79.9. The number of nitrogens with zero attached hydrogens (tertiary/aromatic N) is 2. The Hall–Kier alpha value is -1.84. The second kappa shape index (κ2) is 6.95. The fourth-order valence-electron chi connectivity index (χ4n) is 1.90. The van der Waals surface area contributed by atoms with Gasteiger partial charge in [0.15, 0.2) is 5.79 Å². The summed E-state index contributed by atoms with van der Waals surface area (Å²) in [6, 6.07) is 4.25. The fourth-order valence-corrected chi connectivity index (χ4v) is 2.37. The minimum Gasteiger partial charge on any atom is -0.347 e. The number of nitro groups is 1. The van der Waals surface area contributed by atoms with Gasteiger partial charge in [-0.2, -0.15) is 5.10 Å². The second-order valence-corrected chi connectivity index (χ2v) is 5.62. The first-order valence-corrected chi connectivity index (χ1v) is 7.23. The third-order valence-electron chi connectivity index (χ3n) is 2.97. The summed E-state index contributed by atoms with van der Waals surface area (Å²) >= 11 is 3.21. The predicted octanol–water partition coefficient (Wildman–Crippen LogP) is 1.96. The van der Waals surface area contributed by atoms with E-state index in [1.165, 1.54) is 24.4 Å². The maximum Gasteiger partial charge on any atom is 0.270 e. The summed E-state index contributed by atoms with van der Waals surface area (Å²) in [6.07, 6.45) is 1.43. The van der Waals surface area contributed by atoms with Gasteiger partial charge in [0.25, 0.3) is 5.69 Å². The van der Waals surface area contributed by atoms with E-state index in [0.717, 1.165) is 0 Å². The lowest BCUT2D eigenvalue weighted by atomic mass is 10.2. The van der Waals surface area contributed by atoms with Gasteiger partial charge in [0, 0.05) is 22.2 Å². The van der Waals surface area contributed by atoms with Gasteiger partial charge in [-0.15, -0.1) is 0 Å². The summed E-state index contributed by atoms with van der Waals surface area (Å²) in [6.45, 7) is 2.61. The highest BCUT2D eigenvalue weighted by Gasteiger charge is 2.33. The SMILES string of the molecule is CC1(CC(=O)N/N=C\c2ccc([N+](=O)[O-])cc2Br)OCCO1. The first-order chi connectivity index (χ1) is 10.4. The van der Waals surface area contributed by atoms with Crippen molar-refractivity contribution in [3.8, 4) is 0 Å². The topological polar surface area (TPSA) is 103 Å². The summed E-state index contributed by atoms with van der Waals surface area (Å²) in [4.78, 5) is 21.9. The number of non-ortho nitro benzene ring substituents is 1. The van der Waals surface area contributed by atoms with Crippen LogP contribution in [-0.2, 0) is 14.3 Å². The molecule has 0 atom stereocenters. The molecule has 118 valence electrons. The molecule has 1 aromatic rings. The number of amides is 1. The Morgan fingerprint density at radius 2 is 2.23 bits per heavy atom. The molecular weight excluding hydrogens is 358 g/mol. The van der Waals surface area contributed by atoms with Crippen LogP contribution in [0.1, 0.15) is 18.9 Å². The second-order valence-electron chi connectivity index (χ2n) is 4.76. The van der Waals surface area contributed by atoms with E-state index in [1.807, 2.05) is 0 Å². The van der Waals surface area contributed by atoms with Crippen LogP contribution in [0, 0.1) is 10.1 Å². The molecule has 8 nitrogen and oxygen atoms in total. The zero-order valence-electron chi connectivity index (χ0n) is 11.7. The van der Waals surface area contributed by atoms with Crippen molar-refractivity contribution < 1.29 is 19.2 Å². The fraction of sp³-hybridized carbons (Fsp3) is 0.385. The molecule has 1 heterocycles. The number of carbonyl (C=O) groups excluding carboxylic acids is 1. The maximum atomic E-state index is 11.7. The van der Waals surface area contributed by atoms with Crippen molar-refractivity contribution in [2.75, 3.05) is 13.2 Å². The number of nitro benzene ring substituents is 1. The van der Waals surface area contributed by atoms with E-state index >= 15 is 0 Å². The molecule has 1 fully saturated rings. The summed E-state index contributed by atoms with van der Waals surface area (Å²) in [5, 5.41) is 14.4. The Morgan fingerprint density at radius 3 is 2.82 bits per heavy atom. The third-order valence-corrected chi connectivity index (χ3v) is 3.65. The van der Waals surface area contributed by atoms with Crippen LogP contribution in [-0.4, -0.2) is 36.0 Å². The van der Waals surface area contributed by atoms with E-state index in [1.54, 1.807) is 6.92 Å². The van der Waals surface area contributed by atoms with Gasteiger partial charge in [0.05, 0.1) is 30.8 Å². The smallest absolute Gasteiger partial charge is 0.270 e. The maximum absolute atomic E-state index is 11.7. The normalized spacial score (nSPS) is 16.8. The summed E-state index contributed by atoms with van der Waals surface area (Å²) in [7, 11) is 0. The van der Waals surface area contributed by atoms with Crippen LogP contribution in [0.2, 0.25) is 0 Å². The van der Waals surface area contributed by atoms with Crippen LogP contribution in [0.5, 0.6) is 0 Å². The molecule has 1 aromatic carbocycles. The predicted molar refractivity (Wildman–Crippen MR) is 81.5 cm³/mol. The van der Waals surface area contributed by atoms with Crippen LogP contribution >= 0.6 is 15.9 Å². The first kappa shape index (κ1) is 16.5. The van der Waals surface area contributed by atoms with E-state index in [9.17, 15) is 14.9 Å². The molecule has 1 saturated heterocycles. The van der Waals surface area contributed by atoms with Crippen LogP contribution < -0.4 is 5.43 Å². The molecule has 9 heteroatoms. The standard InChI is InChI=1S/C13H14BrN3O5/c1-13(21-4-5-22-13)7-12(18)16-15-8-9-2-3-10(17(19)20)6-11(9)14/h2-3,6,8H,4-5,7H2,1H3,(H,16,18)/b15-8-. The zero-order valence-corrected chi connectivity index (χ0v) is 13.3. The summed E-state index contributed by atoms with van der Waals surface area (Å²) in [5.74, 6) is -1.26. The van der Waals surface area contributed by atoms with Crippen molar-refractivity contribution in [1.29, 1.82) is 0 Å². The zero-order chi connectivity index (χ0) is 16.2. The number of rotatable bonds is 5. The van der Waals surface area contributed by atoms with Crippen molar-refractivity contribution in [3.05, 3.63) is 38.3 Å². The summed E-state index contributed by atoms with van der Waals surface area (Å²) in [5.41, 5.74) is 2.93. The minimum atomic E-state index is -0.909. The Labute approximate surface area is 134 Å². The Bertz CT molecular complexity index is 614. The van der Waals surface area contributed by atoms with Gasteiger partial charge in [0.1, 0.15) is 0 Å². The van der Waals surface area contributed by atoms with Gasteiger partial charge in [-0.1, -0.05) is 0 Å². The Kier molecular flexibility index (Phi) is 5.22. The molecule has 0 saturated carbocycles. The monoisotopic (exact) mass is 371 g/mol. The average molecular weight is 372 g/mol. The van der Waals surface area contributed by atoms with Gasteiger partial charge in [-0.3, -0.25) is 14.9 Å². The van der Waals surface area contributed by atoms with Crippen molar-refractivity contribution in [3.63, 3.8) is 0 Å². The van der Waals surface area contributed by atoms with Crippen molar-refractivity contribution in [2.24, 2.45) is 5.10 Å². The first-order valence-electron chi connectivity index (χ1n) is 6.43. The van der Waals surface area contributed by atoms with Crippen LogP contribution in [0.3, 0.4) is 0 Å². The lowest BCUT2D eigenvalue weighted by molar-refractivity contribution is -0.384. The molecule has 2 rings (SSSR count). The molecule has 1 N–H and O–H groups in total. The number of hydrogen-bond donors (Lipinski definition) is 1. The number of benzene rings is 1. The number of halogens is 1. The van der Waals surface area contributed by atoms with Crippen molar-refractivity contribution in [1.82, 2.24) is 5.43 Å². The summed E-state index contributed by atoms with van der Waals surface area (Å²) < 4.78 is 11.2. The van der Waals surface area contributed by atoms with E-state index in [4.69, 9.17) is 9.47 Å². The Balaban J connectivity index is 1.92. The lowest BCUT2D eigenvalue weighted by Gasteiger charge is -2.20. The Morgan fingerprint density at radius 1 is 1.55 bits per heavy atom. The highest BCUT2D eigenvalue weighted by Crippen LogP contribution is 2.23. The quantitative estimate of drug-likeness (QED) is 0.484. The number of hydrogen-bond acceptors (Lipinski definition) is 6. The molecule has 1 amide bonds. The molecule has 0 bridgehead atoms. The molecule has 22 heavy (non-hydrogen) atoms. The van der Waals surface area contributed by atoms with Gasteiger partial charge < -0.3 is 9.47 Å². The van der Waals surface area contributed by atoms with Gasteiger partial charge in [-0.25, -0.2) is 5.43 Å². The van der Waals surface area contributed by atoms with Gasteiger partial charge in [0.2, 0.25) is 5.91 Å². The molecule has 0 aliphatic carbocycles. The molecule has 1 aliphatic rings. The van der Waals surface area contributed by atoms with Gasteiger partial charge in [-0.05, 0) is 28.9 Å². The van der Waals surface area contributed by atoms with Gasteiger partial charge >= 0.3 is 0 Å². The molecule has 0 spiro atoms. The third kappa shape index (κ3) is 4.33.